The highest BCUT2D eigenvalue weighted by Crippen LogP contribution is 2.23. The second kappa shape index (κ2) is 8.32. The number of oxime groups is 1. The minimum Gasteiger partial charge on any atom is -0.409 e. The van der Waals surface area contributed by atoms with Crippen LogP contribution in [0.2, 0.25) is 0 Å². The Bertz CT molecular complexity index is 672. The van der Waals surface area contributed by atoms with E-state index >= 15 is 0 Å². The summed E-state index contributed by atoms with van der Waals surface area (Å²) in [6.07, 6.45) is 0. The van der Waals surface area contributed by atoms with E-state index in [2.05, 4.69) is 46.2 Å². The molecule has 1 heterocycles. The Labute approximate surface area is 142 Å². The van der Waals surface area contributed by atoms with E-state index in [0.29, 0.717) is 23.0 Å². The highest BCUT2D eigenvalue weighted by molar-refractivity contribution is 9.10. The maximum absolute atomic E-state index is 13.2. The molecule has 0 aliphatic rings. The molecule has 0 aliphatic carbocycles. The van der Waals surface area contributed by atoms with Crippen LogP contribution < -0.4 is 10.2 Å². The van der Waals surface area contributed by atoms with Gasteiger partial charge in [0, 0.05) is 18.0 Å². The molecule has 7 nitrogen and oxygen atoms in total. The molecule has 2 aromatic rings. The Morgan fingerprint density at radius 2 is 2.32 bits per heavy atom. The molecule has 0 atom stereocenters. The first kappa shape index (κ1) is 17.0. The van der Waals surface area contributed by atoms with Gasteiger partial charge in [-0.1, -0.05) is 16.9 Å². The van der Waals surface area contributed by atoms with Gasteiger partial charge in [-0.15, -0.1) is 0 Å². The minimum absolute atomic E-state index is 0.0288. The number of rotatable bonds is 6. The average Bonchev–Trinajstić information content (AvgIpc) is 2.97. The lowest BCUT2D eigenvalue weighted by atomic mass is 10.3. The van der Waals surface area contributed by atoms with E-state index in [1.807, 2.05) is 0 Å². The molecule has 11 heteroatoms. The fourth-order valence-corrected chi connectivity index (χ4v) is 2.79. The molecule has 0 aliphatic heterocycles. The van der Waals surface area contributed by atoms with Gasteiger partial charge in [-0.3, -0.25) is 0 Å². The van der Waals surface area contributed by atoms with Crippen molar-refractivity contribution in [3.05, 3.63) is 34.2 Å². The van der Waals surface area contributed by atoms with E-state index in [-0.39, 0.29) is 16.0 Å². The number of nitrogens with one attached hydrogen (secondary N) is 2. The fourth-order valence-electron chi connectivity index (χ4n) is 1.45. The van der Waals surface area contributed by atoms with Crippen molar-refractivity contribution in [3.63, 3.8) is 0 Å². The molecule has 0 saturated carbocycles. The second-order valence-corrected chi connectivity index (χ2v) is 6.06. The van der Waals surface area contributed by atoms with E-state index in [9.17, 15) is 4.39 Å². The molecule has 2 rings (SSSR count). The Kier molecular flexibility index (Phi) is 6.43. The summed E-state index contributed by atoms with van der Waals surface area (Å²) in [6, 6.07) is 4.26. The molecule has 1 aromatic carbocycles. The van der Waals surface area contributed by atoms with Crippen molar-refractivity contribution < 1.29 is 14.2 Å². The molecular formula is C11H10BrClFN5O2S. The van der Waals surface area contributed by atoms with Crippen molar-refractivity contribution in [3.8, 4) is 0 Å². The van der Waals surface area contributed by atoms with Crippen molar-refractivity contribution in [2.75, 3.05) is 17.6 Å². The molecule has 1 aromatic heterocycles. The van der Waals surface area contributed by atoms with Crippen LogP contribution in [0.4, 0.5) is 10.1 Å². The lowest BCUT2D eigenvalue weighted by molar-refractivity contribution is 0.297. The van der Waals surface area contributed by atoms with Gasteiger partial charge < -0.3 is 10.5 Å². The van der Waals surface area contributed by atoms with Crippen LogP contribution in [-0.4, -0.2) is 33.7 Å². The average molecular weight is 411 g/mol. The van der Waals surface area contributed by atoms with Gasteiger partial charge in [-0.05, 0) is 56.2 Å². The second-order valence-electron chi connectivity index (χ2n) is 3.85. The van der Waals surface area contributed by atoms with Crippen molar-refractivity contribution >= 4 is 51.0 Å². The van der Waals surface area contributed by atoms with E-state index < -0.39 is 5.82 Å². The monoisotopic (exact) mass is 409 g/mol. The van der Waals surface area contributed by atoms with Crippen molar-refractivity contribution in [2.24, 2.45) is 5.16 Å². The highest BCUT2D eigenvalue weighted by Gasteiger charge is 2.18. The van der Waals surface area contributed by atoms with Gasteiger partial charge in [0.1, 0.15) is 5.82 Å². The van der Waals surface area contributed by atoms with Crippen molar-refractivity contribution in [1.29, 1.82) is 0 Å². The summed E-state index contributed by atoms with van der Waals surface area (Å²) in [5, 5.41) is 23.0. The van der Waals surface area contributed by atoms with Crippen molar-refractivity contribution in [1.82, 2.24) is 15.1 Å². The molecule has 3 N–H and O–H groups in total. The highest BCUT2D eigenvalue weighted by atomic mass is 79.9. The van der Waals surface area contributed by atoms with Crippen LogP contribution >= 0.6 is 39.5 Å². The predicted octanol–water partition coefficient (Wildman–Crippen LogP) is 3.05. The van der Waals surface area contributed by atoms with Crippen LogP contribution in [0, 0.1) is 5.82 Å². The van der Waals surface area contributed by atoms with Gasteiger partial charge in [-0.2, -0.15) is 0 Å². The Balaban J connectivity index is 2.15. The minimum atomic E-state index is -0.402. The third kappa shape index (κ3) is 4.32. The van der Waals surface area contributed by atoms with E-state index in [4.69, 9.17) is 17.0 Å². The zero-order valence-electron chi connectivity index (χ0n) is 10.9. The largest absolute Gasteiger partial charge is 0.409 e. The quantitative estimate of drug-likeness (QED) is 0.128. The van der Waals surface area contributed by atoms with Crippen LogP contribution in [0.5, 0.6) is 0 Å². The summed E-state index contributed by atoms with van der Waals surface area (Å²) >= 11 is 9.77. The van der Waals surface area contributed by atoms with Gasteiger partial charge >= 0.3 is 0 Å². The van der Waals surface area contributed by atoms with E-state index in [1.54, 1.807) is 0 Å². The summed E-state index contributed by atoms with van der Waals surface area (Å²) in [4.78, 5) is 2.48. The third-order valence-corrected chi connectivity index (χ3v) is 4.15. The summed E-state index contributed by atoms with van der Waals surface area (Å²) < 4.78 is 18.2. The zero-order valence-corrected chi connectivity index (χ0v) is 14.0. The third-order valence-electron chi connectivity index (χ3n) is 2.40. The first-order chi connectivity index (χ1) is 10.7. The number of thioether (sulfide) groups is 1. The molecule has 0 bridgehead atoms. The number of halogens is 3. The van der Waals surface area contributed by atoms with Gasteiger partial charge in [0.25, 0.3) is 0 Å². The van der Waals surface area contributed by atoms with Crippen LogP contribution in [0.25, 0.3) is 0 Å². The van der Waals surface area contributed by atoms with Crippen LogP contribution in [0.1, 0.15) is 5.69 Å². The van der Waals surface area contributed by atoms with Crippen LogP contribution in [0.3, 0.4) is 0 Å². The van der Waals surface area contributed by atoms with Gasteiger partial charge in [0.05, 0.1) is 4.47 Å². The number of benzene rings is 1. The van der Waals surface area contributed by atoms with Gasteiger partial charge in [0.15, 0.2) is 10.7 Å². The smallest absolute Gasteiger partial charge is 0.202 e. The number of anilines is 1. The Morgan fingerprint density at radius 1 is 1.50 bits per heavy atom. The summed E-state index contributed by atoms with van der Waals surface area (Å²) in [5.74, 6) is 0.243. The first-order valence-electron chi connectivity index (χ1n) is 5.89. The molecule has 22 heavy (non-hydrogen) atoms. The zero-order chi connectivity index (χ0) is 15.9. The topological polar surface area (TPSA) is 95.6 Å². The SMILES string of the molecule is O/N=C(\Nc1ccc(F)c(Br)c1)c1nonc1SCCNCl. The number of amidine groups is 1. The Hall–Kier alpha value is -1.36. The lowest BCUT2D eigenvalue weighted by Gasteiger charge is -2.07. The maximum atomic E-state index is 13.2. The Morgan fingerprint density at radius 3 is 3.00 bits per heavy atom. The lowest BCUT2D eigenvalue weighted by Crippen LogP contribution is -2.15. The summed E-state index contributed by atoms with van der Waals surface area (Å²) in [7, 11) is 0. The van der Waals surface area contributed by atoms with Crippen LogP contribution in [0.15, 0.2) is 37.5 Å². The van der Waals surface area contributed by atoms with Crippen molar-refractivity contribution in [2.45, 2.75) is 5.03 Å². The standard InChI is InChI=1S/C11H10BrClFN5O2S/c12-7-5-6(1-2-8(7)14)16-10(17-20)9-11(19-21-18-9)22-4-3-15-13/h1-2,5,15,20H,3-4H2,(H,16,17). The fraction of sp³-hybridized carbons (Fsp3) is 0.182. The van der Waals surface area contributed by atoms with E-state index in [1.165, 1.54) is 30.0 Å². The molecule has 0 spiro atoms. The summed E-state index contributed by atoms with van der Waals surface area (Å²) in [6.45, 7) is 0.544. The predicted molar refractivity (Wildman–Crippen MR) is 84.9 cm³/mol. The van der Waals surface area contributed by atoms with Gasteiger partial charge in [0.2, 0.25) is 5.84 Å². The maximum Gasteiger partial charge on any atom is 0.202 e. The molecular weight excluding hydrogens is 401 g/mol. The van der Waals surface area contributed by atoms with Gasteiger partial charge in [-0.25, -0.2) is 13.9 Å². The molecule has 0 radical (unpaired) electrons. The molecule has 0 amide bonds. The molecule has 118 valence electrons. The molecule has 0 saturated heterocycles. The van der Waals surface area contributed by atoms with E-state index in [0.717, 1.165) is 0 Å². The number of hydrogen-bond donors (Lipinski definition) is 3. The normalized spacial score (nSPS) is 11.7. The number of nitrogens with zero attached hydrogens (tertiary/aromatic N) is 3. The molecule has 0 fully saturated rings. The molecule has 0 unspecified atom stereocenters. The summed E-state index contributed by atoms with van der Waals surface area (Å²) in [5.41, 5.74) is 0.741. The number of hydrogen-bond acceptors (Lipinski definition) is 7. The first-order valence-corrected chi connectivity index (χ1v) is 8.04. The van der Waals surface area contributed by atoms with Crippen LogP contribution in [-0.2, 0) is 0 Å². The number of aromatic nitrogens is 2.